The summed E-state index contributed by atoms with van der Waals surface area (Å²) in [6.07, 6.45) is 0. The van der Waals surface area contributed by atoms with E-state index >= 15 is 0 Å². The van der Waals surface area contributed by atoms with Crippen molar-refractivity contribution >= 4 is 50.6 Å². The third kappa shape index (κ3) is 3.11. The number of hydrogen-bond acceptors (Lipinski definition) is 4. The normalized spacial score (nSPS) is 20.1. The molecule has 0 saturated heterocycles. The molecule has 0 aliphatic carbocycles. The van der Waals surface area contributed by atoms with Crippen LogP contribution >= 0.6 is 33.3 Å². The fraction of sp³-hybridized carbons (Fsp3) is 0.176. The van der Waals surface area contributed by atoms with Crippen LogP contribution in [0, 0.1) is 5.92 Å². The zero-order valence-corrected chi connectivity index (χ0v) is 15.0. The number of aliphatic carboxylic acids is 1. The van der Waals surface area contributed by atoms with Crippen LogP contribution in [0.25, 0.3) is 0 Å². The van der Waals surface area contributed by atoms with Gasteiger partial charge in [0.25, 0.3) is 0 Å². The van der Waals surface area contributed by atoms with Gasteiger partial charge in [-0.25, -0.2) is 4.79 Å². The topological polar surface area (TPSA) is 52.9 Å². The zero-order valence-electron chi connectivity index (χ0n) is 12.7. The highest BCUT2D eigenvalue weighted by Gasteiger charge is 2.39. The maximum Gasteiger partial charge on any atom is 0.352 e. The minimum absolute atomic E-state index is 0.121. The van der Waals surface area contributed by atoms with Crippen LogP contribution in [0.5, 0.6) is 0 Å². The average Bonchev–Trinajstić information content (AvgIpc) is 2.93. The fourth-order valence-electron chi connectivity index (χ4n) is 2.86. The molecule has 0 fully saturated rings. The summed E-state index contributed by atoms with van der Waals surface area (Å²) in [6.45, 7) is 1.86. The molecule has 1 N–H and O–H groups in total. The Morgan fingerprint density at radius 1 is 1.21 bits per heavy atom. The van der Waals surface area contributed by atoms with Gasteiger partial charge in [0.15, 0.2) is 5.71 Å². The number of carboxylic acid groups (broad SMARTS) is 1. The summed E-state index contributed by atoms with van der Waals surface area (Å²) in [5, 5.41) is 16.0. The van der Waals surface area contributed by atoms with E-state index in [1.54, 1.807) is 11.1 Å². The number of carboxylic acids is 1. The van der Waals surface area contributed by atoms with Gasteiger partial charge in [0.2, 0.25) is 0 Å². The molecule has 24 heavy (non-hydrogen) atoms. The molecule has 1 heterocycles. The van der Waals surface area contributed by atoms with E-state index in [1.165, 1.54) is 0 Å². The van der Waals surface area contributed by atoms with E-state index in [-0.39, 0.29) is 17.7 Å². The van der Waals surface area contributed by atoms with Gasteiger partial charge in [-0.3, -0.25) is 5.01 Å². The molecule has 4 nitrogen and oxygen atoms in total. The monoisotopic (exact) mass is 380 g/mol. The molecule has 1 aliphatic rings. The molecule has 2 unspecified atom stereocenters. The van der Waals surface area contributed by atoms with Crippen LogP contribution in [0.2, 0.25) is 5.02 Å². The Hall–Kier alpha value is -1.69. The molecule has 0 amide bonds. The highest BCUT2D eigenvalue weighted by molar-refractivity contribution is 8.21. The summed E-state index contributed by atoms with van der Waals surface area (Å²) in [5.74, 6) is -1.30. The number of para-hydroxylation sites is 1. The van der Waals surface area contributed by atoms with Gasteiger partial charge in [-0.1, -0.05) is 42.8 Å². The Morgan fingerprint density at radius 3 is 2.46 bits per heavy atom. The highest BCUT2D eigenvalue weighted by Crippen LogP contribution is 2.42. The van der Waals surface area contributed by atoms with Gasteiger partial charge < -0.3 is 5.11 Å². The van der Waals surface area contributed by atoms with Crippen LogP contribution in [-0.4, -0.2) is 16.8 Å². The molecule has 3 rings (SSSR count). The number of hydrazone groups is 1. The molecule has 0 saturated carbocycles. The largest absolute Gasteiger partial charge is 0.477 e. The number of hydrogen-bond donors (Lipinski definition) is 1. The third-order valence-electron chi connectivity index (χ3n) is 4.01. The first-order valence-corrected chi connectivity index (χ1v) is 9.29. The molecular weight excluding hydrogens is 367 g/mol. The van der Waals surface area contributed by atoms with Crippen molar-refractivity contribution in [2.24, 2.45) is 11.0 Å². The molecule has 124 valence electrons. The number of carbonyl (C=O) groups is 1. The Kier molecular flexibility index (Phi) is 5.04. The predicted molar refractivity (Wildman–Crippen MR) is 99.1 cm³/mol. The maximum atomic E-state index is 11.5. The van der Waals surface area contributed by atoms with Crippen LogP contribution in [0.15, 0.2) is 58.5 Å². The first-order valence-electron chi connectivity index (χ1n) is 7.27. The molecule has 0 aromatic heterocycles. The summed E-state index contributed by atoms with van der Waals surface area (Å²) in [5.41, 5.74) is 1.76. The van der Waals surface area contributed by atoms with Gasteiger partial charge in [0.05, 0.1) is 16.8 Å². The number of halogens is 2. The smallest absolute Gasteiger partial charge is 0.352 e. The molecule has 0 radical (unpaired) electrons. The van der Waals surface area contributed by atoms with E-state index in [9.17, 15) is 9.90 Å². The number of nitrogens with zero attached hydrogens (tertiary/aromatic N) is 2. The minimum Gasteiger partial charge on any atom is -0.477 e. The van der Waals surface area contributed by atoms with Crippen molar-refractivity contribution < 1.29 is 9.90 Å². The van der Waals surface area contributed by atoms with Gasteiger partial charge in [-0.05, 0) is 51.5 Å². The lowest BCUT2D eigenvalue weighted by molar-refractivity contribution is -0.129. The van der Waals surface area contributed by atoms with E-state index < -0.39 is 5.97 Å². The average molecular weight is 381 g/mol. The third-order valence-corrected chi connectivity index (χ3v) is 5.32. The Bertz CT molecular complexity index is 795. The van der Waals surface area contributed by atoms with Gasteiger partial charge >= 0.3 is 5.97 Å². The minimum atomic E-state index is -1.02. The van der Waals surface area contributed by atoms with Crippen molar-refractivity contribution in [3.8, 4) is 0 Å². The maximum absolute atomic E-state index is 11.5. The van der Waals surface area contributed by atoms with Crippen LogP contribution in [0.1, 0.15) is 18.5 Å². The summed E-state index contributed by atoms with van der Waals surface area (Å²) < 4.78 is 0. The summed E-state index contributed by atoms with van der Waals surface area (Å²) in [7, 11) is 6.91. The number of rotatable bonds is 4. The summed E-state index contributed by atoms with van der Waals surface area (Å²) in [6, 6.07) is 14.7. The second-order valence-corrected chi connectivity index (χ2v) is 6.96. The van der Waals surface area contributed by atoms with Crippen molar-refractivity contribution in [2.45, 2.75) is 17.9 Å². The predicted octanol–water partition coefficient (Wildman–Crippen LogP) is 5.22. The molecule has 0 bridgehead atoms. The summed E-state index contributed by atoms with van der Waals surface area (Å²) in [4.78, 5) is 12.5. The standard InChI is InChI=1S/C17H14Cl2N2O2S/c1-10-15(17(22)23)20-21(14-5-3-2-4-13(14)18)16(10)11-6-8-12(24-19)9-7-11/h2-10,16H,1H3,(H,22,23). The zero-order chi connectivity index (χ0) is 17.3. The number of benzene rings is 2. The van der Waals surface area contributed by atoms with E-state index in [2.05, 4.69) is 5.10 Å². The lowest BCUT2D eigenvalue weighted by Crippen LogP contribution is -2.26. The van der Waals surface area contributed by atoms with Gasteiger partial charge in [-0.2, -0.15) is 5.10 Å². The first kappa shape index (κ1) is 17.1. The molecule has 1 aliphatic heterocycles. The molecule has 2 aromatic carbocycles. The quantitative estimate of drug-likeness (QED) is 0.789. The second-order valence-electron chi connectivity index (χ2n) is 5.47. The fourth-order valence-corrected chi connectivity index (χ4v) is 3.63. The van der Waals surface area contributed by atoms with E-state index in [0.29, 0.717) is 10.7 Å². The van der Waals surface area contributed by atoms with Gasteiger partial charge in [0, 0.05) is 10.8 Å². The van der Waals surface area contributed by atoms with Crippen LogP contribution in [0.4, 0.5) is 5.69 Å². The first-order chi connectivity index (χ1) is 11.5. The van der Waals surface area contributed by atoms with Crippen LogP contribution in [-0.2, 0) is 4.79 Å². The molecule has 2 atom stereocenters. The highest BCUT2D eigenvalue weighted by atomic mass is 35.7. The van der Waals surface area contributed by atoms with Crippen molar-refractivity contribution in [1.82, 2.24) is 0 Å². The SMILES string of the molecule is CC1C(C(=O)O)=NN(c2ccccc2Cl)C1c1ccc(SCl)cc1. The Labute approximate surface area is 153 Å². The van der Waals surface area contributed by atoms with Crippen LogP contribution in [0.3, 0.4) is 0 Å². The molecule has 0 spiro atoms. The van der Waals surface area contributed by atoms with E-state index in [0.717, 1.165) is 21.4 Å². The lowest BCUT2D eigenvalue weighted by atomic mass is 9.91. The van der Waals surface area contributed by atoms with Crippen molar-refractivity contribution in [2.75, 3.05) is 5.01 Å². The van der Waals surface area contributed by atoms with E-state index in [4.69, 9.17) is 22.3 Å². The van der Waals surface area contributed by atoms with Crippen molar-refractivity contribution in [3.63, 3.8) is 0 Å². The Morgan fingerprint density at radius 2 is 1.88 bits per heavy atom. The van der Waals surface area contributed by atoms with E-state index in [1.807, 2.05) is 49.4 Å². The van der Waals surface area contributed by atoms with Crippen molar-refractivity contribution in [3.05, 3.63) is 59.1 Å². The van der Waals surface area contributed by atoms with Gasteiger partial charge in [0.1, 0.15) is 0 Å². The Balaban J connectivity index is 2.07. The lowest BCUT2D eigenvalue weighted by Gasteiger charge is -2.27. The number of anilines is 1. The second kappa shape index (κ2) is 7.05. The van der Waals surface area contributed by atoms with Crippen LogP contribution < -0.4 is 5.01 Å². The molecular formula is C17H14Cl2N2O2S. The summed E-state index contributed by atoms with van der Waals surface area (Å²) >= 11 is 6.30. The van der Waals surface area contributed by atoms with Crippen molar-refractivity contribution in [1.29, 1.82) is 0 Å². The molecule has 7 heteroatoms. The molecule has 2 aromatic rings. The van der Waals surface area contributed by atoms with Gasteiger partial charge in [-0.15, -0.1) is 0 Å².